The van der Waals surface area contributed by atoms with Crippen molar-refractivity contribution in [3.05, 3.63) is 35.9 Å². The number of benzene rings is 1. The van der Waals surface area contributed by atoms with Crippen LogP contribution in [0.25, 0.3) is 0 Å². The third kappa shape index (κ3) is 6.72. The minimum Gasteiger partial charge on any atom is -0.466 e. The molecule has 1 aromatic carbocycles. The van der Waals surface area contributed by atoms with Crippen LogP contribution in [0.4, 0.5) is 0 Å². The SMILES string of the molecule is CCCCC(CN(C=O)OCc1ccccc1)C(=O)OCC. The van der Waals surface area contributed by atoms with Crippen molar-refractivity contribution in [3.63, 3.8) is 0 Å². The average Bonchev–Trinajstić information content (AvgIpc) is 2.55. The van der Waals surface area contributed by atoms with Gasteiger partial charge in [0.2, 0.25) is 6.41 Å². The number of rotatable bonds is 11. The zero-order chi connectivity index (χ0) is 16.2. The van der Waals surface area contributed by atoms with E-state index in [9.17, 15) is 9.59 Å². The monoisotopic (exact) mass is 307 g/mol. The van der Waals surface area contributed by atoms with Gasteiger partial charge < -0.3 is 4.74 Å². The Kier molecular flexibility index (Phi) is 8.91. The van der Waals surface area contributed by atoms with Gasteiger partial charge in [0.1, 0.15) is 6.61 Å². The van der Waals surface area contributed by atoms with E-state index in [0.29, 0.717) is 26.0 Å². The zero-order valence-electron chi connectivity index (χ0n) is 13.4. The summed E-state index contributed by atoms with van der Waals surface area (Å²) in [4.78, 5) is 28.6. The summed E-state index contributed by atoms with van der Waals surface area (Å²) in [5.74, 6) is -0.619. The molecule has 0 N–H and O–H groups in total. The lowest BCUT2D eigenvalue weighted by molar-refractivity contribution is -0.185. The van der Waals surface area contributed by atoms with E-state index in [0.717, 1.165) is 18.4 Å². The first-order chi connectivity index (χ1) is 10.7. The Balaban J connectivity index is 2.55. The minimum atomic E-state index is -0.346. The lowest BCUT2D eigenvalue weighted by Crippen LogP contribution is -2.33. The van der Waals surface area contributed by atoms with Crippen molar-refractivity contribution >= 4 is 12.4 Å². The molecule has 122 valence electrons. The molecule has 0 heterocycles. The van der Waals surface area contributed by atoms with Crippen LogP contribution in [0.3, 0.4) is 0 Å². The fraction of sp³-hybridized carbons (Fsp3) is 0.529. The molecule has 22 heavy (non-hydrogen) atoms. The summed E-state index contributed by atoms with van der Waals surface area (Å²) in [7, 11) is 0. The van der Waals surface area contributed by atoms with Crippen LogP contribution in [-0.2, 0) is 25.8 Å². The lowest BCUT2D eigenvalue weighted by Gasteiger charge is -2.22. The van der Waals surface area contributed by atoms with E-state index in [2.05, 4.69) is 6.92 Å². The zero-order valence-corrected chi connectivity index (χ0v) is 13.4. The van der Waals surface area contributed by atoms with Gasteiger partial charge in [-0.3, -0.25) is 14.4 Å². The number of hydrogen-bond donors (Lipinski definition) is 0. The van der Waals surface area contributed by atoms with Crippen molar-refractivity contribution < 1.29 is 19.2 Å². The molecule has 0 saturated carbocycles. The number of carbonyl (C=O) groups excluding carboxylic acids is 2. The normalized spacial score (nSPS) is 11.7. The van der Waals surface area contributed by atoms with Crippen LogP contribution in [0.2, 0.25) is 0 Å². The molecule has 1 amide bonds. The van der Waals surface area contributed by atoms with Crippen LogP contribution < -0.4 is 0 Å². The van der Waals surface area contributed by atoms with Crippen LogP contribution in [0.5, 0.6) is 0 Å². The summed E-state index contributed by atoms with van der Waals surface area (Å²) in [5, 5.41) is 1.18. The van der Waals surface area contributed by atoms with Crippen LogP contribution in [0, 0.1) is 5.92 Å². The molecular formula is C17H25NO4. The standard InChI is InChI=1S/C17H25NO4/c1-3-5-11-16(17(20)21-4-2)12-18(14-19)22-13-15-9-7-6-8-10-15/h6-10,14,16H,3-5,11-13H2,1-2H3. The second-order valence-electron chi connectivity index (χ2n) is 5.06. The van der Waals surface area contributed by atoms with Crippen molar-refractivity contribution in [2.45, 2.75) is 39.7 Å². The largest absolute Gasteiger partial charge is 0.466 e. The van der Waals surface area contributed by atoms with Gasteiger partial charge in [-0.05, 0) is 18.9 Å². The van der Waals surface area contributed by atoms with Gasteiger partial charge in [0.05, 0.1) is 19.1 Å². The van der Waals surface area contributed by atoms with Gasteiger partial charge in [-0.25, -0.2) is 5.06 Å². The Morgan fingerprint density at radius 2 is 2.00 bits per heavy atom. The predicted octanol–water partition coefficient (Wildman–Crippen LogP) is 2.95. The first-order valence-electron chi connectivity index (χ1n) is 7.76. The van der Waals surface area contributed by atoms with Gasteiger partial charge in [0.15, 0.2) is 0 Å². The van der Waals surface area contributed by atoms with Gasteiger partial charge in [-0.15, -0.1) is 0 Å². The van der Waals surface area contributed by atoms with E-state index in [1.54, 1.807) is 6.92 Å². The Labute approximate surface area is 132 Å². The summed E-state index contributed by atoms with van der Waals surface area (Å²) in [6.07, 6.45) is 3.20. The molecule has 5 nitrogen and oxygen atoms in total. The molecule has 1 atom stereocenters. The highest BCUT2D eigenvalue weighted by atomic mass is 16.7. The molecule has 0 aliphatic rings. The lowest BCUT2D eigenvalue weighted by atomic mass is 10.0. The van der Waals surface area contributed by atoms with E-state index in [4.69, 9.17) is 9.57 Å². The molecule has 0 spiro atoms. The number of carbonyl (C=O) groups is 2. The van der Waals surface area contributed by atoms with Crippen LogP contribution in [0.15, 0.2) is 30.3 Å². The van der Waals surface area contributed by atoms with Gasteiger partial charge in [-0.1, -0.05) is 50.1 Å². The molecule has 1 unspecified atom stereocenters. The fourth-order valence-electron chi connectivity index (χ4n) is 2.07. The molecule has 5 heteroatoms. The topological polar surface area (TPSA) is 55.8 Å². The number of nitrogens with zero attached hydrogens (tertiary/aromatic N) is 1. The summed E-state index contributed by atoms with van der Waals surface area (Å²) >= 11 is 0. The minimum absolute atomic E-state index is 0.217. The van der Waals surface area contributed by atoms with Gasteiger partial charge >= 0.3 is 5.97 Å². The molecule has 0 bridgehead atoms. The van der Waals surface area contributed by atoms with Crippen molar-refractivity contribution in [1.82, 2.24) is 5.06 Å². The number of esters is 1. The van der Waals surface area contributed by atoms with Crippen molar-refractivity contribution in [2.75, 3.05) is 13.2 Å². The van der Waals surface area contributed by atoms with E-state index in [1.807, 2.05) is 30.3 Å². The highest BCUT2D eigenvalue weighted by Gasteiger charge is 2.22. The molecule has 1 aromatic rings. The van der Waals surface area contributed by atoms with Crippen molar-refractivity contribution in [1.29, 1.82) is 0 Å². The summed E-state index contributed by atoms with van der Waals surface area (Å²) < 4.78 is 5.07. The Bertz CT molecular complexity index is 436. The molecule has 1 rings (SSSR count). The Morgan fingerprint density at radius 1 is 1.27 bits per heavy atom. The van der Waals surface area contributed by atoms with Crippen LogP contribution >= 0.6 is 0 Å². The average molecular weight is 307 g/mol. The third-order valence-electron chi connectivity index (χ3n) is 3.28. The third-order valence-corrected chi connectivity index (χ3v) is 3.28. The number of amides is 1. The predicted molar refractivity (Wildman–Crippen MR) is 83.6 cm³/mol. The Hall–Kier alpha value is -1.88. The van der Waals surface area contributed by atoms with Gasteiger partial charge in [0, 0.05) is 0 Å². The van der Waals surface area contributed by atoms with E-state index >= 15 is 0 Å². The molecule has 0 fully saturated rings. The summed E-state index contributed by atoms with van der Waals surface area (Å²) in [5.41, 5.74) is 0.968. The number of hydrogen-bond acceptors (Lipinski definition) is 4. The Morgan fingerprint density at radius 3 is 2.59 bits per heavy atom. The van der Waals surface area contributed by atoms with Crippen molar-refractivity contribution in [3.8, 4) is 0 Å². The van der Waals surface area contributed by atoms with Crippen LogP contribution in [0.1, 0.15) is 38.7 Å². The molecular weight excluding hydrogens is 282 g/mol. The van der Waals surface area contributed by atoms with Crippen molar-refractivity contribution in [2.24, 2.45) is 5.92 Å². The summed E-state index contributed by atoms with van der Waals surface area (Å²) in [6.45, 7) is 4.69. The molecule has 0 aliphatic carbocycles. The number of unbranched alkanes of at least 4 members (excludes halogenated alkanes) is 1. The van der Waals surface area contributed by atoms with E-state index < -0.39 is 0 Å². The van der Waals surface area contributed by atoms with Gasteiger partial charge in [0.25, 0.3) is 0 Å². The maximum absolute atomic E-state index is 12.0. The summed E-state index contributed by atoms with van der Waals surface area (Å²) in [6, 6.07) is 9.58. The second kappa shape index (κ2) is 10.8. The molecule has 0 aromatic heterocycles. The molecule has 0 aliphatic heterocycles. The van der Waals surface area contributed by atoms with E-state index in [1.165, 1.54) is 5.06 Å². The number of ether oxygens (including phenoxy) is 1. The van der Waals surface area contributed by atoms with Gasteiger partial charge in [-0.2, -0.15) is 0 Å². The first-order valence-corrected chi connectivity index (χ1v) is 7.76. The fourth-order valence-corrected chi connectivity index (χ4v) is 2.07. The van der Waals surface area contributed by atoms with Crippen LogP contribution in [-0.4, -0.2) is 30.6 Å². The smallest absolute Gasteiger partial charge is 0.310 e. The molecule has 0 saturated heterocycles. The number of hydroxylamine groups is 2. The van der Waals surface area contributed by atoms with E-state index in [-0.39, 0.29) is 18.4 Å². The quantitative estimate of drug-likeness (QED) is 0.358. The first kappa shape index (κ1) is 18.2. The maximum Gasteiger partial charge on any atom is 0.310 e. The highest BCUT2D eigenvalue weighted by molar-refractivity contribution is 5.73. The second-order valence-corrected chi connectivity index (χ2v) is 5.06. The molecule has 0 radical (unpaired) electrons. The maximum atomic E-state index is 12.0. The highest BCUT2D eigenvalue weighted by Crippen LogP contribution is 2.13.